The van der Waals surface area contributed by atoms with E-state index < -0.39 is 20.0 Å². The van der Waals surface area contributed by atoms with Gasteiger partial charge in [0.15, 0.2) is 8.32 Å². The molecule has 1 aliphatic rings. The second-order valence-corrected chi connectivity index (χ2v) is 14.6. The molecular weight excluding hydrogens is 382 g/mol. The zero-order valence-corrected chi connectivity index (χ0v) is 20.1. The maximum atomic E-state index is 12.9. The summed E-state index contributed by atoms with van der Waals surface area (Å²) in [5.41, 5.74) is -0.444. The Balaban J connectivity index is 2.95. The molecule has 1 rings (SSSR count). The van der Waals surface area contributed by atoms with Gasteiger partial charge in [0.1, 0.15) is 4.32 Å². The molecule has 4 nitrogen and oxygen atoms in total. The number of carbonyl (C=O) groups is 1. The van der Waals surface area contributed by atoms with Gasteiger partial charge in [-0.2, -0.15) is 0 Å². The molecule has 0 aromatic carbocycles. The molecule has 1 amide bonds. The number of hydrogen-bond donors (Lipinski definition) is 1. The van der Waals surface area contributed by atoms with E-state index >= 15 is 0 Å². The molecule has 7 heteroatoms. The van der Waals surface area contributed by atoms with Crippen molar-refractivity contribution in [1.82, 2.24) is 4.90 Å². The van der Waals surface area contributed by atoms with E-state index in [-0.39, 0.29) is 18.4 Å². The van der Waals surface area contributed by atoms with Crippen LogP contribution in [0.5, 0.6) is 0 Å². The van der Waals surface area contributed by atoms with E-state index in [9.17, 15) is 9.90 Å². The number of aliphatic hydroxyl groups is 1. The van der Waals surface area contributed by atoms with Crippen molar-refractivity contribution in [1.29, 1.82) is 0 Å². The number of aliphatic hydroxyl groups excluding tert-OH is 1. The lowest BCUT2D eigenvalue weighted by Crippen LogP contribution is -2.57. The van der Waals surface area contributed by atoms with Crippen LogP contribution >= 0.6 is 24.0 Å². The first kappa shape index (κ1) is 24.1. The van der Waals surface area contributed by atoms with Gasteiger partial charge in [-0.25, -0.2) is 0 Å². The van der Waals surface area contributed by atoms with Gasteiger partial charge in [0.2, 0.25) is 5.91 Å². The number of hydrogen-bond acceptors (Lipinski definition) is 5. The Labute approximate surface area is 170 Å². The highest BCUT2D eigenvalue weighted by atomic mass is 32.2. The lowest BCUT2D eigenvalue weighted by Gasteiger charge is -2.44. The van der Waals surface area contributed by atoms with E-state index in [1.54, 1.807) is 16.7 Å². The molecule has 152 valence electrons. The smallest absolute Gasteiger partial charge is 0.231 e. The van der Waals surface area contributed by atoms with E-state index in [4.69, 9.17) is 16.6 Å². The van der Waals surface area contributed by atoms with Crippen molar-refractivity contribution in [3.8, 4) is 0 Å². The van der Waals surface area contributed by atoms with E-state index in [2.05, 4.69) is 34.6 Å². The summed E-state index contributed by atoms with van der Waals surface area (Å²) in [6.45, 7) is 14.9. The van der Waals surface area contributed by atoms with Crippen LogP contribution in [0, 0.1) is 5.92 Å². The van der Waals surface area contributed by atoms with Gasteiger partial charge in [-0.1, -0.05) is 58.6 Å². The van der Waals surface area contributed by atoms with Crippen LogP contribution in [0.1, 0.15) is 61.3 Å². The molecule has 0 unspecified atom stereocenters. The van der Waals surface area contributed by atoms with Crippen molar-refractivity contribution in [2.45, 2.75) is 97.2 Å². The lowest BCUT2D eigenvalue weighted by atomic mass is 9.98. The third-order valence-corrected chi connectivity index (χ3v) is 11.8. The fourth-order valence-electron chi connectivity index (χ4n) is 3.73. The summed E-state index contributed by atoms with van der Waals surface area (Å²) >= 11 is 7.02. The Morgan fingerprint density at radius 1 is 1.35 bits per heavy atom. The normalized spacial score (nSPS) is 20.1. The molecule has 26 heavy (non-hydrogen) atoms. The number of nitrogens with zero attached hydrogens (tertiary/aromatic N) is 1. The zero-order chi connectivity index (χ0) is 20.1. The van der Waals surface area contributed by atoms with E-state index in [1.807, 2.05) is 13.8 Å². The highest BCUT2D eigenvalue weighted by molar-refractivity contribution is 8.23. The molecule has 1 fully saturated rings. The molecule has 0 saturated carbocycles. The van der Waals surface area contributed by atoms with Crippen LogP contribution in [0.15, 0.2) is 0 Å². The minimum Gasteiger partial charge on any atom is -0.410 e. The van der Waals surface area contributed by atoms with Crippen LogP contribution in [-0.4, -0.2) is 52.1 Å². The Kier molecular flexibility index (Phi) is 9.27. The average molecular weight is 420 g/mol. The molecule has 0 aromatic rings. The summed E-state index contributed by atoms with van der Waals surface area (Å²) in [5.74, 6) is 1.05. The fourth-order valence-corrected chi connectivity index (χ4v) is 8.57. The van der Waals surface area contributed by atoms with Gasteiger partial charge in [0, 0.05) is 5.75 Å². The largest absolute Gasteiger partial charge is 0.410 e. The highest BCUT2D eigenvalue weighted by Crippen LogP contribution is 2.37. The van der Waals surface area contributed by atoms with Crippen LogP contribution in [0.2, 0.25) is 18.1 Å². The van der Waals surface area contributed by atoms with Gasteiger partial charge in [0.25, 0.3) is 0 Å². The summed E-state index contributed by atoms with van der Waals surface area (Å²) < 4.78 is 7.38. The molecule has 1 heterocycles. The molecule has 1 aliphatic heterocycles. The quantitative estimate of drug-likeness (QED) is 0.407. The zero-order valence-electron chi connectivity index (χ0n) is 17.5. The molecular formula is C19H37NO3S2Si. The fraction of sp³-hybridized carbons (Fsp3) is 0.895. The first-order chi connectivity index (χ1) is 12.0. The van der Waals surface area contributed by atoms with Crippen LogP contribution in [0.4, 0.5) is 0 Å². The summed E-state index contributed by atoms with van der Waals surface area (Å²) in [6, 6.07) is 3.16. The van der Waals surface area contributed by atoms with E-state index in [0.29, 0.717) is 16.7 Å². The molecule has 2 atom stereocenters. The first-order valence-electron chi connectivity index (χ1n) is 9.88. The molecule has 1 saturated heterocycles. The van der Waals surface area contributed by atoms with Crippen LogP contribution in [0.3, 0.4) is 0 Å². The Morgan fingerprint density at radius 2 is 1.88 bits per heavy atom. The third-order valence-electron chi connectivity index (χ3n) is 5.51. The number of thioether (sulfide) groups is 1. The van der Waals surface area contributed by atoms with Gasteiger partial charge < -0.3 is 9.53 Å². The monoisotopic (exact) mass is 419 g/mol. The third kappa shape index (κ3) is 6.02. The topological polar surface area (TPSA) is 49.8 Å². The molecule has 0 aromatic heterocycles. The van der Waals surface area contributed by atoms with Gasteiger partial charge >= 0.3 is 0 Å². The summed E-state index contributed by atoms with van der Waals surface area (Å²) in [7, 11) is -1.80. The number of amides is 1. The maximum absolute atomic E-state index is 12.9. The van der Waals surface area contributed by atoms with Crippen molar-refractivity contribution >= 4 is 42.5 Å². The summed E-state index contributed by atoms with van der Waals surface area (Å²) in [6.07, 6.45) is 0.140. The number of carbonyl (C=O) groups excluding carboxylic acids is 1. The number of rotatable bonds is 10. The van der Waals surface area contributed by atoms with Gasteiger partial charge in [-0.05, 0) is 44.3 Å². The molecule has 0 spiro atoms. The number of thiocarbonyl (C=S) groups is 1. The summed E-state index contributed by atoms with van der Waals surface area (Å²) in [4.78, 5) is 14.6. The van der Waals surface area contributed by atoms with Gasteiger partial charge in [-0.3, -0.25) is 9.69 Å². The Hall–Kier alpha value is 0.0469. The molecule has 1 N–H and O–H groups in total. The Morgan fingerprint density at radius 3 is 2.35 bits per heavy atom. The summed E-state index contributed by atoms with van der Waals surface area (Å²) in [5, 5.41) is 10.2. The van der Waals surface area contributed by atoms with Crippen LogP contribution < -0.4 is 0 Å². The maximum Gasteiger partial charge on any atom is 0.231 e. The minimum atomic E-state index is -1.80. The van der Waals surface area contributed by atoms with Crippen molar-refractivity contribution in [3.63, 3.8) is 0 Å². The SMILES string of the molecule is CC[Si](CC)(CC)OC(C)(C)[C@@H]1CSC(=S)N1C(=O)C[C@@H](O)CC(C)C. The van der Waals surface area contributed by atoms with Gasteiger partial charge in [0.05, 0.1) is 24.2 Å². The molecule has 0 radical (unpaired) electrons. The first-order valence-corrected chi connectivity index (χ1v) is 13.8. The standard InChI is InChI=1S/C19H37NO3S2Si/c1-8-26(9-2,10-3)23-19(6,7)16-13-25-18(24)20(16)17(22)12-15(21)11-14(4)5/h14-16,21H,8-13H2,1-7H3/t15-,16-/m0/s1. The predicted octanol–water partition coefficient (Wildman–Crippen LogP) is 4.81. The van der Waals surface area contributed by atoms with E-state index in [1.165, 1.54) is 0 Å². The van der Waals surface area contributed by atoms with E-state index in [0.717, 1.165) is 23.9 Å². The lowest BCUT2D eigenvalue weighted by molar-refractivity contribution is -0.133. The predicted molar refractivity (Wildman–Crippen MR) is 118 cm³/mol. The highest BCUT2D eigenvalue weighted by Gasteiger charge is 2.47. The second kappa shape index (κ2) is 10.0. The van der Waals surface area contributed by atoms with Gasteiger partial charge in [-0.15, -0.1) is 0 Å². The average Bonchev–Trinajstić information content (AvgIpc) is 2.94. The van der Waals surface area contributed by atoms with Crippen LogP contribution in [0.25, 0.3) is 0 Å². The van der Waals surface area contributed by atoms with Crippen molar-refractivity contribution in [2.75, 3.05) is 5.75 Å². The molecule has 0 bridgehead atoms. The molecule has 0 aliphatic carbocycles. The Bertz CT molecular complexity index is 487. The van der Waals surface area contributed by atoms with Crippen molar-refractivity contribution in [2.24, 2.45) is 5.92 Å². The minimum absolute atomic E-state index is 0.0738. The van der Waals surface area contributed by atoms with Crippen molar-refractivity contribution < 1.29 is 14.3 Å². The van der Waals surface area contributed by atoms with Crippen molar-refractivity contribution in [3.05, 3.63) is 0 Å². The second-order valence-electron chi connectivity index (χ2n) is 8.29. The van der Waals surface area contributed by atoms with Crippen LogP contribution in [-0.2, 0) is 9.22 Å².